The number of carboxylic acids is 1. The van der Waals surface area contributed by atoms with Gasteiger partial charge in [-0.05, 0) is 59.0 Å². The normalized spacial score (nSPS) is 12.9. The lowest BCUT2D eigenvalue weighted by Gasteiger charge is -2.21. The molecular weight excluding hydrogens is 384 g/mol. The van der Waals surface area contributed by atoms with Crippen molar-refractivity contribution in [2.75, 3.05) is 0 Å². The van der Waals surface area contributed by atoms with Crippen molar-refractivity contribution in [3.8, 4) is 5.75 Å². The van der Waals surface area contributed by atoms with Gasteiger partial charge in [0.15, 0.2) is 5.78 Å². The highest BCUT2D eigenvalue weighted by Crippen LogP contribution is 2.31. The van der Waals surface area contributed by atoms with E-state index in [4.69, 9.17) is 4.74 Å². The van der Waals surface area contributed by atoms with E-state index in [2.05, 4.69) is 0 Å². The molecule has 3 aromatic rings. The van der Waals surface area contributed by atoms with Crippen LogP contribution >= 0.6 is 11.3 Å². The fraction of sp³-hybridized carbons (Fsp3) is 0.250. The van der Waals surface area contributed by atoms with Crippen LogP contribution in [0.4, 0.5) is 0 Å². The number of carbonyl (C=O) groups is 2. The second kappa shape index (κ2) is 9.52. The van der Waals surface area contributed by atoms with Gasteiger partial charge in [0.05, 0.1) is 5.92 Å². The van der Waals surface area contributed by atoms with Crippen LogP contribution in [0.1, 0.15) is 46.3 Å². The third-order valence-corrected chi connectivity index (χ3v) is 5.73. The number of aliphatic carboxylic acids is 1. The van der Waals surface area contributed by atoms with Gasteiger partial charge in [-0.25, -0.2) is 0 Å². The molecule has 0 amide bonds. The van der Waals surface area contributed by atoms with Crippen LogP contribution in [-0.4, -0.2) is 16.9 Å². The van der Waals surface area contributed by atoms with E-state index in [0.29, 0.717) is 17.9 Å². The summed E-state index contributed by atoms with van der Waals surface area (Å²) in [5.41, 5.74) is 3.46. The zero-order valence-corrected chi connectivity index (χ0v) is 17.3. The van der Waals surface area contributed by atoms with Crippen LogP contribution < -0.4 is 4.74 Å². The first-order valence-corrected chi connectivity index (χ1v) is 10.5. The van der Waals surface area contributed by atoms with Gasteiger partial charge in [-0.15, -0.1) is 0 Å². The summed E-state index contributed by atoms with van der Waals surface area (Å²) < 4.78 is 5.83. The Balaban J connectivity index is 1.86. The number of rotatable bonds is 9. The number of aryl methyl sites for hydroxylation is 1. The number of ether oxygens (including phenoxy) is 1. The molecule has 0 spiro atoms. The van der Waals surface area contributed by atoms with E-state index in [9.17, 15) is 14.7 Å². The molecule has 150 valence electrons. The molecule has 5 heteroatoms. The maximum atomic E-state index is 13.4. The predicted molar refractivity (Wildman–Crippen MR) is 115 cm³/mol. The number of thiophene rings is 1. The van der Waals surface area contributed by atoms with E-state index in [-0.39, 0.29) is 12.2 Å². The summed E-state index contributed by atoms with van der Waals surface area (Å²) in [5, 5.41) is 13.4. The molecule has 0 saturated heterocycles. The van der Waals surface area contributed by atoms with Crippen molar-refractivity contribution in [3.63, 3.8) is 0 Å². The number of Topliss-reactive ketones (excluding diaryl/α,β-unsaturated/α-hetero) is 1. The smallest absolute Gasteiger partial charge is 0.306 e. The minimum absolute atomic E-state index is 0.0895. The molecule has 2 unspecified atom stereocenters. The first kappa shape index (κ1) is 20.8. The zero-order chi connectivity index (χ0) is 20.8. The minimum Gasteiger partial charge on any atom is -0.489 e. The van der Waals surface area contributed by atoms with Crippen LogP contribution in [0.15, 0.2) is 65.4 Å². The van der Waals surface area contributed by atoms with Gasteiger partial charge in [0, 0.05) is 11.5 Å². The number of ketones is 1. The molecular formula is C24H24O4S. The highest BCUT2D eigenvalue weighted by atomic mass is 32.1. The van der Waals surface area contributed by atoms with Gasteiger partial charge in [-0.1, -0.05) is 43.3 Å². The fourth-order valence-corrected chi connectivity index (χ4v) is 3.94. The number of hydrogen-bond donors (Lipinski definition) is 1. The van der Waals surface area contributed by atoms with Gasteiger partial charge in [0.25, 0.3) is 0 Å². The predicted octanol–water partition coefficient (Wildman–Crippen LogP) is 5.71. The van der Waals surface area contributed by atoms with Gasteiger partial charge < -0.3 is 9.84 Å². The summed E-state index contributed by atoms with van der Waals surface area (Å²) in [6.07, 6.45) is 0.249. The molecule has 2 aromatic carbocycles. The van der Waals surface area contributed by atoms with Gasteiger partial charge in [0.1, 0.15) is 12.4 Å². The van der Waals surface area contributed by atoms with Crippen LogP contribution in [0.2, 0.25) is 0 Å². The molecule has 2 atom stereocenters. The van der Waals surface area contributed by atoms with E-state index in [1.54, 1.807) is 36.5 Å². The Labute approximate surface area is 174 Å². The van der Waals surface area contributed by atoms with Crippen molar-refractivity contribution >= 4 is 23.1 Å². The average Bonchev–Trinajstić information content (AvgIpc) is 3.24. The second-order valence-electron chi connectivity index (χ2n) is 7.20. The van der Waals surface area contributed by atoms with Gasteiger partial charge >= 0.3 is 5.97 Å². The first-order chi connectivity index (χ1) is 14.0. The van der Waals surface area contributed by atoms with Crippen molar-refractivity contribution < 1.29 is 19.4 Å². The molecule has 3 rings (SSSR count). The lowest BCUT2D eigenvalue weighted by molar-refractivity contribution is -0.141. The molecule has 4 nitrogen and oxygen atoms in total. The van der Waals surface area contributed by atoms with Crippen molar-refractivity contribution in [2.45, 2.75) is 32.8 Å². The average molecular weight is 409 g/mol. The Morgan fingerprint density at radius 1 is 1.10 bits per heavy atom. The summed E-state index contributed by atoms with van der Waals surface area (Å²) in [6.45, 7) is 4.03. The van der Waals surface area contributed by atoms with Crippen LogP contribution in [0.5, 0.6) is 5.75 Å². The van der Waals surface area contributed by atoms with E-state index >= 15 is 0 Å². The fourth-order valence-electron chi connectivity index (χ4n) is 3.29. The summed E-state index contributed by atoms with van der Waals surface area (Å²) in [7, 11) is 0. The first-order valence-electron chi connectivity index (χ1n) is 9.52. The minimum atomic E-state index is -0.899. The van der Waals surface area contributed by atoms with E-state index in [1.165, 1.54) is 0 Å². The molecule has 0 aliphatic carbocycles. The van der Waals surface area contributed by atoms with Crippen molar-refractivity contribution in [1.82, 2.24) is 0 Å². The topological polar surface area (TPSA) is 63.6 Å². The van der Waals surface area contributed by atoms with Crippen molar-refractivity contribution in [3.05, 3.63) is 87.6 Å². The molecule has 0 bridgehead atoms. The van der Waals surface area contributed by atoms with Gasteiger partial charge in [0.2, 0.25) is 0 Å². The van der Waals surface area contributed by atoms with Crippen LogP contribution in [0, 0.1) is 12.8 Å². The Morgan fingerprint density at radius 2 is 1.90 bits per heavy atom. The number of carbonyl (C=O) groups excluding carboxylic acids is 1. The Bertz CT molecular complexity index is 978. The maximum absolute atomic E-state index is 13.4. The number of carboxylic acid groups (broad SMARTS) is 1. The molecule has 0 radical (unpaired) electrons. The second-order valence-corrected chi connectivity index (χ2v) is 7.98. The molecule has 0 aliphatic heterocycles. The van der Waals surface area contributed by atoms with Crippen molar-refractivity contribution in [2.24, 2.45) is 5.92 Å². The summed E-state index contributed by atoms with van der Waals surface area (Å²) in [5.74, 6) is -1.51. The van der Waals surface area contributed by atoms with E-state index in [0.717, 1.165) is 16.7 Å². The Morgan fingerprint density at radius 3 is 2.59 bits per heavy atom. The highest BCUT2D eigenvalue weighted by molar-refractivity contribution is 7.07. The van der Waals surface area contributed by atoms with Crippen LogP contribution in [0.25, 0.3) is 0 Å². The molecule has 0 saturated carbocycles. The molecule has 29 heavy (non-hydrogen) atoms. The zero-order valence-electron chi connectivity index (χ0n) is 16.5. The largest absolute Gasteiger partial charge is 0.489 e. The van der Waals surface area contributed by atoms with E-state index in [1.807, 2.05) is 54.1 Å². The van der Waals surface area contributed by atoms with E-state index < -0.39 is 17.8 Å². The third-order valence-electron chi connectivity index (χ3n) is 5.00. The molecule has 1 aromatic heterocycles. The lowest BCUT2D eigenvalue weighted by Crippen LogP contribution is -2.21. The van der Waals surface area contributed by atoms with Crippen LogP contribution in [-0.2, 0) is 11.4 Å². The van der Waals surface area contributed by atoms with Gasteiger partial charge in [-0.3, -0.25) is 9.59 Å². The summed E-state index contributed by atoms with van der Waals surface area (Å²) >= 11 is 1.61. The number of benzene rings is 2. The number of hydrogen-bond acceptors (Lipinski definition) is 4. The standard InChI is InChI=1S/C24H24O4S/c1-16-6-3-4-9-21(16)22(12-17(2)24(26)27)23(25)19-7-5-8-20(13-19)28-14-18-10-11-29-15-18/h3-11,13,15,17,22H,12,14H2,1-2H3,(H,26,27). The highest BCUT2D eigenvalue weighted by Gasteiger charge is 2.28. The quantitative estimate of drug-likeness (QED) is 0.461. The monoisotopic (exact) mass is 408 g/mol. The third kappa shape index (κ3) is 5.33. The lowest BCUT2D eigenvalue weighted by atomic mass is 9.82. The molecule has 0 fully saturated rings. The summed E-state index contributed by atoms with van der Waals surface area (Å²) in [6, 6.07) is 16.8. The molecule has 0 aliphatic rings. The SMILES string of the molecule is Cc1ccccc1C(CC(C)C(=O)O)C(=O)c1cccc(OCc2ccsc2)c1. The Hall–Kier alpha value is -2.92. The maximum Gasteiger partial charge on any atom is 0.306 e. The Kier molecular flexibility index (Phi) is 6.83. The van der Waals surface area contributed by atoms with Crippen molar-refractivity contribution in [1.29, 1.82) is 0 Å². The summed E-state index contributed by atoms with van der Waals surface area (Å²) in [4.78, 5) is 24.8. The van der Waals surface area contributed by atoms with Gasteiger partial charge in [-0.2, -0.15) is 11.3 Å². The molecule has 1 N–H and O–H groups in total. The molecule has 1 heterocycles. The van der Waals surface area contributed by atoms with Crippen LogP contribution in [0.3, 0.4) is 0 Å².